The first-order valence-corrected chi connectivity index (χ1v) is 5.58. The van der Waals surface area contributed by atoms with Crippen molar-refractivity contribution in [1.82, 2.24) is 5.32 Å². The third kappa shape index (κ3) is 9.69. The van der Waals surface area contributed by atoms with Crippen LogP contribution in [0.25, 0.3) is 0 Å². The topological polar surface area (TPSA) is 58.6 Å². The lowest BCUT2D eigenvalue weighted by atomic mass is 10.0. The minimum Gasteiger partial charge on any atom is -0.393 e. The number of aliphatic hydroxyl groups is 1. The van der Waals surface area contributed by atoms with Gasteiger partial charge >= 0.3 is 0 Å². The molecule has 0 bridgehead atoms. The van der Waals surface area contributed by atoms with Crippen molar-refractivity contribution >= 4 is 5.91 Å². The van der Waals surface area contributed by atoms with Gasteiger partial charge in [-0.15, -0.1) is 0 Å². The molecule has 90 valence electrons. The van der Waals surface area contributed by atoms with Crippen molar-refractivity contribution in [3.63, 3.8) is 0 Å². The fraction of sp³-hybridized carbons (Fsp3) is 0.909. The van der Waals surface area contributed by atoms with Gasteiger partial charge in [-0.25, -0.2) is 0 Å². The van der Waals surface area contributed by atoms with Crippen LogP contribution in [0, 0.1) is 5.92 Å². The molecule has 2 atom stereocenters. The second-order valence-corrected chi connectivity index (χ2v) is 3.94. The zero-order valence-electron chi connectivity index (χ0n) is 9.95. The lowest BCUT2D eigenvalue weighted by Crippen LogP contribution is -2.30. The Morgan fingerprint density at radius 1 is 1.47 bits per heavy atom. The molecule has 1 amide bonds. The summed E-state index contributed by atoms with van der Waals surface area (Å²) in [6.07, 6.45) is 0.821. The van der Waals surface area contributed by atoms with Crippen LogP contribution in [0.5, 0.6) is 0 Å². The van der Waals surface area contributed by atoms with Crippen LogP contribution in [-0.4, -0.2) is 36.9 Å². The van der Waals surface area contributed by atoms with Crippen molar-refractivity contribution in [2.45, 2.75) is 39.7 Å². The SMILES string of the molecule is CCOCCC(=O)NCC(C)CC(C)O. The second kappa shape index (κ2) is 8.68. The van der Waals surface area contributed by atoms with E-state index in [1.165, 1.54) is 0 Å². The summed E-state index contributed by atoms with van der Waals surface area (Å²) in [7, 11) is 0. The monoisotopic (exact) mass is 217 g/mol. The molecule has 0 aliphatic heterocycles. The van der Waals surface area contributed by atoms with Gasteiger partial charge in [0.1, 0.15) is 0 Å². The Bertz CT molecular complexity index is 171. The first kappa shape index (κ1) is 14.4. The summed E-state index contributed by atoms with van der Waals surface area (Å²) in [4.78, 5) is 11.3. The smallest absolute Gasteiger partial charge is 0.222 e. The molecule has 4 heteroatoms. The highest BCUT2D eigenvalue weighted by atomic mass is 16.5. The predicted molar refractivity (Wildman–Crippen MR) is 59.6 cm³/mol. The van der Waals surface area contributed by atoms with E-state index in [4.69, 9.17) is 9.84 Å². The van der Waals surface area contributed by atoms with Crippen molar-refractivity contribution in [1.29, 1.82) is 0 Å². The molecule has 0 radical (unpaired) electrons. The van der Waals surface area contributed by atoms with Gasteiger partial charge in [-0.1, -0.05) is 6.92 Å². The van der Waals surface area contributed by atoms with Crippen molar-refractivity contribution in [2.75, 3.05) is 19.8 Å². The summed E-state index contributed by atoms with van der Waals surface area (Å²) in [5.74, 6) is 0.321. The number of amides is 1. The van der Waals surface area contributed by atoms with E-state index in [0.29, 0.717) is 38.5 Å². The molecule has 0 rings (SSSR count). The van der Waals surface area contributed by atoms with Crippen LogP contribution in [0.3, 0.4) is 0 Å². The van der Waals surface area contributed by atoms with Gasteiger partial charge < -0.3 is 15.2 Å². The number of hydrogen-bond acceptors (Lipinski definition) is 3. The largest absolute Gasteiger partial charge is 0.393 e. The average Bonchev–Trinajstić information content (AvgIpc) is 2.14. The minimum atomic E-state index is -0.305. The molecular formula is C11H23NO3. The van der Waals surface area contributed by atoms with Gasteiger partial charge in [0.05, 0.1) is 12.7 Å². The molecule has 0 spiro atoms. The fourth-order valence-electron chi connectivity index (χ4n) is 1.35. The lowest BCUT2D eigenvalue weighted by molar-refractivity contribution is -0.122. The zero-order valence-corrected chi connectivity index (χ0v) is 9.95. The number of carbonyl (C=O) groups is 1. The van der Waals surface area contributed by atoms with Crippen LogP contribution >= 0.6 is 0 Å². The molecule has 0 heterocycles. The first-order valence-electron chi connectivity index (χ1n) is 5.58. The molecule has 0 aromatic rings. The molecule has 0 aromatic heterocycles. The molecule has 2 unspecified atom stereocenters. The van der Waals surface area contributed by atoms with Crippen LogP contribution in [0.1, 0.15) is 33.6 Å². The van der Waals surface area contributed by atoms with Gasteiger partial charge in [-0.2, -0.15) is 0 Å². The summed E-state index contributed by atoms with van der Waals surface area (Å²) in [5, 5.41) is 11.9. The number of rotatable bonds is 8. The van der Waals surface area contributed by atoms with Crippen LogP contribution in [0.4, 0.5) is 0 Å². The van der Waals surface area contributed by atoms with Gasteiger partial charge in [0.15, 0.2) is 0 Å². The normalized spacial score (nSPS) is 14.7. The maximum Gasteiger partial charge on any atom is 0.222 e. The van der Waals surface area contributed by atoms with Crippen LogP contribution in [-0.2, 0) is 9.53 Å². The van der Waals surface area contributed by atoms with E-state index in [0.717, 1.165) is 0 Å². The van der Waals surface area contributed by atoms with Gasteiger partial charge in [-0.3, -0.25) is 4.79 Å². The van der Waals surface area contributed by atoms with E-state index in [1.807, 2.05) is 13.8 Å². The molecule has 2 N–H and O–H groups in total. The van der Waals surface area contributed by atoms with Crippen molar-refractivity contribution < 1.29 is 14.6 Å². The molecular weight excluding hydrogens is 194 g/mol. The Morgan fingerprint density at radius 2 is 2.13 bits per heavy atom. The maximum absolute atomic E-state index is 11.3. The standard InChI is InChI=1S/C11H23NO3/c1-4-15-6-5-11(14)12-8-9(2)7-10(3)13/h9-10,13H,4-8H2,1-3H3,(H,12,14). The van der Waals surface area contributed by atoms with E-state index in [9.17, 15) is 4.79 Å². The van der Waals surface area contributed by atoms with Crippen molar-refractivity contribution in [3.05, 3.63) is 0 Å². The molecule has 15 heavy (non-hydrogen) atoms. The molecule has 0 aromatic carbocycles. The summed E-state index contributed by atoms with van der Waals surface area (Å²) >= 11 is 0. The number of nitrogens with one attached hydrogen (secondary N) is 1. The fourth-order valence-corrected chi connectivity index (χ4v) is 1.35. The van der Waals surface area contributed by atoms with E-state index >= 15 is 0 Å². The first-order chi connectivity index (χ1) is 7.06. The summed E-state index contributed by atoms with van der Waals surface area (Å²) in [6, 6.07) is 0. The average molecular weight is 217 g/mol. The van der Waals surface area contributed by atoms with E-state index < -0.39 is 0 Å². The Balaban J connectivity index is 3.44. The van der Waals surface area contributed by atoms with Crippen LogP contribution in [0.15, 0.2) is 0 Å². The highest BCUT2D eigenvalue weighted by Gasteiger charge is 2.07. The third-order valence-electron chi connectivity index (χ3n) is 2.07. The van der Waals surface area contributed by atoms with Crippen LogP contribution in [0.2, 0.25) is 0 Å². The molecule has 4 nitrogen and oxygen atoms in total. The second-order valence-electron chi connectivity index (χ2n) is 3.94. The number of ether oxygens (including phenoxy) is 1. The Kier molecular flexibility index (Phi) is 8.33. The van der Waals surface area contributed by atoms with Gasteiger partial charge in [0, 0.05) is 19.6 Å². The molecule has 0 fully saturated rings. The van der Waals surface area contributed by atoms with E-state index in [2.05, 4.69) is 5.32 Å². The summed E-state index contributed by atoms with van der Waals surface area (Å²) in [6.45, 7) is 7.42. The molecule has 0 aliphatic carbocycles. The molecule has 0 saturated heterocycles. The molecule has 0 saturated carbocycles. The minimum absolute atomic E-state index is 0.0147. The van der Waals surface area contributed by atoms with Gasteiger partial charge in [-0.05, 0) is 26.2 Å². The lowest BCUT2D eigenvalue weighted by Gasteiger charge is -2.14. The van der Waals surface area contributed by atoms with Crippen molar-refractivity contribution in [3.8, 4) is 0 Å². The Labute approximate surface area is 92.0 Å². The molecule has 0 aliphatic rings. The van der Waals surface area contributed by atoms with Crippen molar-refractivity contribution in [2.24, 2.45) is 5.92 Å². The quantitative estimate of drug-likeness (QED) is 0.595. The van der Waals surface area contributed by atoms with E-state index in [-0.39, 0.29) is 12.0 Å². The number of carbonyl (C=O) groups excluding carboxylic acids is 1. The maximum atomic E-state index is 11.3. The number of aliphatic hydroxyl groups excluding tert-OH is 1. The Hall–Kier alpha value is -0.610. The highest BCUT2D eigenvalue weighted by molar-refractivity contribution is 5.75. The van der Waals surface area contributed by atoms with Gasteiger partial charge in [0.2, 0.25) is 5.91 Å². The zero-order chi connectivity index (χ0) is 11.7. The van der Waals surface area contributed by atoms with E-state index in [1.54, 1.807) is 6.92 Å². The Morgan fingerprint density at radius 3 is 2.67 bits per heavy atom. The third-order valence-corrected chi connectivity index (χ3v) is 2.07. The summed E-state index contributed by atoms with van der Waals surface area (Å²) in [5.41, 5.74) is 0. The highest BCUT2D eigenvalue weighted by Crippen LogP contribution is 2.03. The van der Waals surface area contributed by atoms with Crippen LogP contribution < -0.4 is 5.32 Å². The predicted octanol–water partition coefficient (Wildman–Crippen LogP) is 0.936. The number of hydrogen-bond donors (Lipinski definition) is 2. The summed E-state index contributed by atoms with van der Waals surface area (Å²) < 4.78 is 5.07. The van der Waals surface area contributed by atoms with Gasteiger partial charge in [0.25, 0.3) is 0 Å².